The topological polar surface area (TPSA) is 122 Å². The molecule has 1 fully saturated rings. The van der Waals surface area contributed by atoms with Crippen LogP contribution in [0.15, 0.2) is 60.7 Å². The summed E-state index contributed by atoms with van der Waals surface area (Å²) in [6.45, 7) is -0.232. The molecule has 1 aliphatic rings. The average Bonchev–Trinajstić information content (AvgIpc) is 2.87. The van der Waals surface area contributed by atoms with Gasteiger partial charge in [0, 0.05) is 25.1 Å². The van der Waals surface area contributed by atoms with Crippen LogP contribution in [0.5, 0.6) is 0 Å². The van der Waals surface area contributed by atoms with Gasteiger partial charge >= 0.3 is 0 Å². The number of nitrogens with zero attached hydrogens (tertiary/aromatic N) is 1. The summed E-state index contributed by atoms with van der Waals surface area (Å²) in [5.74, 6) is -1.91. The van der Waals surface area contributed by atoms with Crippen molar-refractivity contribution >= 4 is 23.6 Å². The maximum atomic E-state index is 13.0. The van der Waals surface area contributed by atoms with Gasteiger partial charge in [0.1, 0.15) is 6.04 Å². The highest BCUT2D eigenvalue weighted by Gasteiger charge is 2.34. The van der Waals surface area contributed by atoms with Crippen LogP contribution in [0.4, 0.5) is 0 Å². The number of nitrogens with one attached hydrogen (secondary N) is 2. The lowest BCUT2D eigenvalue weighted by molar-refractivity contribution is -0.137. The summed E-state index contributed by atoms with van der Waals surface area (Å²) in [6.07, 6.45) is 3.47. The number of hydrogen-bond acceptors (Lipinski definition) is 4. The van der Waals surface area contributed by atoms with Gasteiger partial charge in [-0.05, 0) is 30.5 Å². The molecule has 2 aromatic carbocycles. The van der Waals surface area contributed by atoms with E-state index in [-0.39, 0.29) is 36.7 Å². The van der Waals surface area contributed by atoms with Gasteiger partial charge in [-0.1, -0.05) is 61.4 Å². The van der Waals surface area contributed by atoms with Crippen LogP contribution in [0.1, 0.15) is 41.6 Å². The Balaban J connectivity index is 1.65. The van der Waals surface area contributed by atoms with E-state index in [4.69, 9.17) is 5.73 Å². The minimum Gasteiger partial charge on any atom is -0.369 e. The summed E-state index contributed by atoms with van der Waals surface area (Å²) in [6, 6.07) is 16.9. The van der Waals surface area contributed by atoms with Gasteiger partial charge < -0.3 is 21.3 Å². The molecule has 8 nitrogen and oxygen atoms in total. The number of carbonyl (C=O) groups excluding carboxylic acids is 4. The predicted molar refractivity (Wildman–Crippen MR) is 129 cm³/mol. The largest absolute Gasteiger partial charge is 0.369 e. The quantitative estimate of drug-likeness (QED) is 0.522. The summed E-state index contributed by atoms with van der Waals surface area (Å²) >= 11 is 0. The molecule has 0 aromatic heterocycles. The van der Waals surface area contributed by atoms with Gasteiger partial charge in [-0.2, -0.15) is 0 Å². The van der Waals surface area contributed by atoms with Crippen LogP contribution < -0.4 is 16.4 Å². The molecule has 180 valence electrons. The first-order valence-electron chi connectivity index (χ1n) is 11.6. The van der Waals surface area contributed by atoms with Crippen molar-refractivity contribution in [3.8, 4) is 0 Å². The zero-order chi connectivity index (χ0) is 24.5. The van der Waals surface area contributed by atoms with Crippen LogP contribution in [-0.4, -0.2) is 54.2 Å². The van der Waals surface area contributed by atoms with E-state index >= 15 is 0 Å². The summed E-state index contributed by atoms with van der Waals surface area (Å²) in [5.41, 5.74) is 6.86. The van der Waals surface area contributed by atoms with Crippen molar-refractivity contribution in [1.82, 2.24) is 15.5 Å². The van der Waals surface area contributed by atoms with Crippen LogP contribution in [0.3, 0.4) is 0 Å². The maximum absolute atomic E-state index is 13.0. The Morgan fingerprint density at radius 1 is 0.971 bits per heavy atom. The van der Waals surface area contributed by atoms with E-state index in [1.807, 2.05) is 36.4 Å². The van der Waals surface area contributed by atoms with E-state index in [1.165, 1.54) is 4.90 Å². The standard InChI is InChI=1S/C26H32N4O4/c1-30(22-15-9-8-14-20(22)24(27)32)23(31)17-28-26(34)21(16-18-10-4-2-5-11-18)29-25(33)19-12-6-3-7-13-19/h2-7,10-13,20-22H,8-9,14-17H2,1H3,(H2,27,32)(H,28,34)(H,29,33)/t20-,21+,22-/m1/s1. The molecule has 0 heterocycles. The smallest absolute Gasteiger partial charge is 0.251 e. The number of nitrogens with two attached hydrogens (primary N) is 1. The second kappa shape index (κ2) is 12.0. The molecule has 1 aliphatic carbocycles. The van der Waals surface area contributed by atoms with E-state index in [1.54, 1.807) is 31.3 Å². The number of amides is 4. The fourth-order valence-electron chi connectivity index (χ4n) is 4.39. The lowest BCUT2D eigenvalue weighted by Gasteiger charge is -2.36. The van der Waals surface area contributed by atoms with Crippen LogP contribution in [0.2, 0.25) is 0 Å². The van der Waals surface area contributed by atoms with Gasteiger partial charge in [0.05, 0.1) is 12.5 Å². The van der Waals surface area contributed by atoms with E-state index < -0.39 is 17.9 Å². The molecule has 0 radical (unpaired) electrons. The van der Waals surface area contributed by atoms with E-state index in [9.17, 15) is 19.2 Å². The molecule has 34 heavy (non-hydrogen) atoms. The molecule has 3 rings (SSSR count). The highest BCUT2D eigenvalue weighted by molar-refractivity contribution is 5.98. The van der Waals surface area contributed by atoms with E-state index in [2.05, 4.69) is 10.6 Å². The summed E-state index contributed by atoms with van der Waals surface area (Å²) < 4.78 is 0. The fourth-order valence-corrected chi connectivity index (χ4v) is 4.39. The van der Waals surface area contributed by atoms with Crippen molar-refractivity contribution in [3.05, 3.63) is 71.8 Å². The number of carbonyl (C=O) groups is 4. The zero-order valence-electron chi connectivity index (χ0n) is 19.4. The molecule has 0 unspecified atom stereocenters. The van der Waals surface area contributed by atoms with E-state index in [0.717, 1.165) is 18.4 Å². The second-order valence-corrected chi connectivity index (χ2v) is 8.66. The Morgan fingerprint density at radius 2 is 1.59 bits per heavy atom. The molecule has 4 amide bonds. The Bertz CT molecular complexity index is 996. The third-order valence-electron chi connectivity index (χ3n) is 6.34. The first-order valence-corrected chi connectivity index (χ1v) is 11.6. The molecule has 2 aromatic rings. The van der Waals surface area contributed by atoms with Crippen molar-refractivity contribution in [3.63, 3.8) is 0 Å². The van der Waals surface area contributed by atoms with Gasteiger partial charge in [-0.25, -0.2) is 0 Å². The highest BCUT2D eigenvalue weighted by atomic mass is 16.2. The van der Waals surface area contributed by atoms with Gasteiger partial charge in [-0.3, -0.25) is 19.2 Å². The molecular formula is C26H32N4O4. The first kappa shape index (κ1) is 25.0. The van der Waals surface area contributed by atoms with Gasteiger partial charge in [-0.15, -0.1) is 0 Å². The molecule has 3 atom stereocenters. The minimum absolute atomic E-state index is 0.232. The third kappa shape index (κ3) is 6.66. The van der Waals surface area contributed by atoms with Gasteiger partial charge in [0.2, 0.25) is 17.7 Å². The first-order chi connectivity index (χ1) is 16.4. The summed E-state index contributed by atoms with van der Waals surface area (Å²) in [5, 5.41) is 5.45. The molecule has 4 N–H and O–H groups in total. The van der Waals surface area contributed by atoms with Gasteiger partial charge in [0.15, 0.2) is 0 Å². The van der Waals surface area contributed by atoms with Crippen LogP contribution in [0.25, 0.3) is 0 Å². The predicted octanol–water partition coefficient (Wildman–Crippen LogP) is 1.65. The van der Waals surface area contributed by atoms with Crippen molar-refractivity contribution in [2.45, 2.75) is 44.2 Å². The minimum atomic E-state index is -0.860. The summed E-state index contributed by atoms with van der Waals surface area (Å²) in [7, 11) is 1.64. The summed E-state index contributed by atoms with van der Waals surface area (Å²) in [4.78, 5) is 51.9. The number of rotatable bonds is 9. The molecule has 0 saturated heterocycles. The molecule has 8 heteroatoms. The highest BCUT2D eigenvalue weighted by Crippen LogP contribution is 2.27. The van der Waals surface area contributed by atoms with Crippen LogP contribution in [-0.2, 0) is 20.8 Å². The molecule has 0 spiro atoms. The second-order valence-electron chi connectivity index (χ2n) is 8.66. The Hall–Kier alpha value is -3.68. The lowest BCUT2D eigenvalue weighted by atomic mass is 9.83. The third-order valence-corrected chi connectivity index (χ3v) is 6.34. The van der Waals surface area contributed by atoms with Crippen LogP contribution >= 0.6 is 0 Å². The Labute approximate surface area is 199 Å². The maximum Gasteiger partial charge on any atom is 0.251 e. The SMILES string of the molecule is CN(C(=O)CNC(=O)[C@H](Cc1ccccc1)NC(=O)c1ccccc1)[C@@H]1CCCC[C@H]1C(N)=O. The number of benzene rings is 2. The number of likely N-dealkylation sites (N-methyl/N-ethyl adjacent to an activating group) is 1. The van der Waals surface area contributed by atoms with Crippen molar-refractivity contribution in [2.75, 3.05) is 13.6 Å². The fraction of sp³-hybridized carbons (Fsp3) is 0.385. The molecular weight excluding hydrogens is 432 g/mol. The van der Waals surface area contributed by atoms with E-state index in [0.29, 0.717) is 18.4 Å². The van der Waals surface area contributed by atoms with Crippen molar-refractivity contribution < 1.29 is 19.2 Å². The van der Waals surface area contributed by atoms with Crippen LogP contribution in [0, 0.1) is 5.92 Å². The molecule has 0 aliphatic heterocycles. The number of hydrogen-bond donors (Lipinski definition) is 3. The Morgan fingerprint density at radius 3 is 2.24 bits per heavy atom. The molecule has 0 bridgehead atoms. The normalized spacial score (nSPS) is 18.4. The van der Waals surface area contributed by atoms with Crippen molar-refractivity contribution in [1.29, 1.82) is 0 Å². The lowest BCUT2D eigenvalue weighted by Crippen LogP contribution is -2.53. The van der Waals surface area contributed by atoms with Gasteiger partial charge in [0.25, 0.3) is 5.91 Å². The monoisotopic (exact) mass is 464 g/mol. The molecule has 1 saturated carbocycles. The number of primary amides is 1. The zero-order valence-corrected chi connectivity index (χ0v) is 19.4. The van der Waals surface area contributed by atoms with Crippen molar-refractivity contribution in [2.24, 2.45) is 11.7 Å². The average molecular weight is 465 g/mol. The Kier molecular flexibility index (Phi) is 8.79.